The van der Waals surface area contributed by atoms with Crippen molar-refractivity contribution in [2.75, 3.05) is 12.3 Å². The van der Waals surface area contributed by atoms with E-state index >= 15 is 0 Å². The molecule has 38 heavy (non-hydrogen) atoms. The molecule has 9 nitrogen and oxygen atoms in total. The first kappa shape index (κ1) is 29.4. The second kappa shape index (κ2) is 12.6. The van der Waals surface area contributed by atoms with E-state index in [4.69, 9.17) is 10.5 Å². The van der Waals surface area contributed by atoms with Crippen LogP contribution in [0.1, 0.15) is 35.7 Å². The van der Waals surface area contributed by atoms with E-state index < -0.39 is 10.1 Å². The number of carbonyl (C=O) groups is 1. The van der Waals surface area contributed by atoms with Crippen LogP contribution in [0, 0.1) is 6.92 Å². The number of hydrogen-bond acceptors (Lipinski definition) is 8. The maximum atomic E-state index is 11.9. The quantitative estimate of drug-likeness (QED) is 0.0679. The molecule has 192 valence electrons. The molecule has 3 N–H and O–H groups in total. The molecule has 0 fully saturated rings. The van der Waals surface area contributed by atoms with Gasteiger partial charge in [-0.3, -0.25) is 14.3 Å². The van der Waals surface area contributed by atoms with Crippen LogP contribution in [0.3, 0.4) is 0 Å². The van der Waals surface area contributed by atoms with Gasteiger partial charge in [0, 0.05) is 16.3 Å². The molecule has 0 aliphatic heterocycles. The van der Waals surface area contributed by atoms with Gasteiger partial charge in [-0.15, -0.1) is 10.2 Å². The Balaban J connectivity index is 0.00000400. The van der Waals surface area contributed by atoms with E-state index in [2.05, 4.69) is 22.1 Å². The van der Waals surface area contributed by atoms with Crippen LogP contribution in [0.2, 0.25) is 0 Å². The molecule has 11 heteroatoms. The molecule has 4 aromatic rings. The first-order chi connectivity index (χ1) is 17.7. The van der Waals surface area contributed by atoms with Crippen LogP contribution in [-0.2, 0) is 10.1 Å². The summed E-state index contributed by atoms with van der Waals surface area (Å²) < 4.78 is 39.5. The number of anilines is 1. The summed E-state index contributed by atoms with van der Waals surface area (Å²) in [5, 5.41) is 9.00. The van der Waals surface area contributed by atoms with Crippen molar-refractivity contribution in [2.45, 2.75) is 31.6 Å². The summed E-state index contributed by atoms with van der Waals surface area (Å²) in [6, 6.07) is 14.8. The fourth-order valence-electron chi connectivity index (χ4n) is 3.92. The molecule has 0 atom stereocenters. The predicted molar refractivity (Wildman–Crippen MR) is 150 cm³/mol. The number of hydrogen-bond donors (Lipinski definition) is 2. The Labute approximate surface area is 243 Å². The van der Waals surface area contributed by atoms with Crippen LogP contribution in [0.5, 0.6) is 5.75 Å². The second-order valence-electron chi connectivity index (χ2n) is 8.48. The average Bonchev–Trinajstić information content (AvgIpc) is 2.88. The summed E-state index contributed by atoms with van der Waals surface area (Å²) in [5.74, 6) is 0.484. The summed E-state index contributed by atoms with van der Waals surface area (Å²) in [6.07, 6.45) is 4.09. The number of unbranched alkanes of at least 4 members (excludes halogenated alkanes) is 1. The molecule has 0 saturated heterocycles. The molecular formula is C27H27N4NaO5S. The minimum absolute atomic E-state index is 0. The third kappa shape index (κ3) is 6.46. The van der Waals surface area contributed by atoms with E-state index in [1.165, 1.54) is 12.3 Å². The van der Waals surface area contributed by atoms with E-state index in [1.807, 2.05) is 13.0 Å². The van der Waals surface area contributed by atoms with Crippen LogP contribution in [0.4, 0.5) is 17.1 Å². The summed E-state index contributed by atoms with van der Waals surface area (Å²) in [4.78, 5) is 15.8. The molecule has 0 amide bonds. The molecule has 1 aromatic heterocycles. The number of pyridine rings is 1. The topological polar surface area (TPSA) is 144 Å². The number of aromatic nitrogens is 1. The third-order valence-electron chi connectivity index (χ3n) is 5.73. The zero-order valence-corrected chi connectivity index (χ0v) is 21.2. The van der Waals surface area contributed by atoms with Crippen molar-refractivity contribution in [3.05, 3.63) is 71.9 Å². The monoisotopic (exact) mass is 542 g/mol. The Morgan fingerprint density at radius 2 is 1.82 bits per heavy atom. The number of azo groups is 1. The summed E-state index contributed by atoms with van der Waals surface area (Å²) in [6.45, 7) is 4.44. The van der Waals surface area contributed by atoms with E-state index in [1.54, 1.807) is 42.5 Å². The molecule has 0 unspecified atom stereocenters. The zero-order valence-electron chi connectivity index (χ0n) is 20.4. The molecule has 0 spiro atoms. The van der Waals surface area contributed by atoms with Crippen LogP contribution >= 0.6 is 0 Å². The van der Waals surface area contributed by atoms with Gasteiger partial charge in [0.25, 0.3) is 10.1 Å². The van der Waals surface area contributed by atoms with Crippen LogP contribution in [-0.4, -0.2) is 60.4 Å². The van der Waals surface area contributed by atoms with Gasteiger partial charge in [-0.25, -0.2) is 0 Å². The number of nitrogens with two attached hydrogens (primary N) is 1. The van der Waals surface area contributed by atoms with Crippen LogP contribution in [0.25, 0.3) is 22.0 Å². The van der Waals surface area contributed by atoms with Gasteiger partial charge in [-0.2, -0.15) is 8.42 Å². The number of fused-ring (bicyclic) bond motifs is 1. The summed E-state index contributed by atoms with van der Waals surface area (Å²) >= 11 is 0. The zero-order chi connectivity index (χ0) is 26.6. The predicted octanol–water partition coefficient (Wildman–Crippen LogP) is 5.80. The maximum absolute atomic E-state index is 11.9. The van der Waals surface area contributed by atoms with Gasteiger partial charge in [0.15, 0.2) is 6.29 Å². The Hall–Kier alpha value is -3.15. The van der Waals surface area contributed by atoms with Gasteiger partial charge in [-0.1, -0.05) is 37.6 Å². The van der Waals surface area contributed by atoms with Crippen molar-refractivity contribution in [3.8, 4) is 17.0 Å². The van der Waals surface area contributed by atoms with Crippen molar-refractivity contribution in [2.24, 2.45) is 10.2 Å². The van der Waals surface area contributed by atoms with Crippen molar-refractivity contribution < 1.29 is 22.5 Å². The first-order valence-electron chi connectivity index (χ1n) is 11.6. The minimum atomic E-state index is -4.52. The Bertz CT molecular complexity index is 1610. The summed E-state index contributed by atoms with van der Waals surface area (Å²) in [5.41, 5.74) is 9.57. The van der Waals surface area contributed by atoms with E-state index in [0.717, 1.165) is 24.7 Å². The van der Waals surface area contributed by atoms with Crippen LogP contribution in [0.15, 0.2) is 75.9 Å². The molecule has 1 heterocycles. The van der Waals surface area contributed by atoms with Crippen molar-refractivity contribution in [1.82, 2.24) is 4.98 Å². The van der Waals surface area contributed by atoms with Gasteiger partial charge < -0.3 is 10.5 Å². The molecule has 3 aromatic carbocycles. The number of carbonyl (C=O) groups excluding carboxylic acids is 1. The Morgan fingerprint density at radius 1 is 1.08 bits per heavy atom. The molecule has 0 radical (unpaired) electrons. The van der Waals surface area contributed by atoms with Gasteiger partial charge in [0.1, 0.15) is 22.0 Å². The number of nitrogen functional groups attached to an aromatic ring is 1. The average molecular weight is 543 g/mol. The number of aldehydes is 1. The third-order valence-corrected chi connectivity index (χ3v) is 6.63. The summed E-state index contributed by atoms with van der Waals surface area (Å²) in [7, 11) is -4.52. The van der Waals surface area contributed by atoms with E-state index in [0.29, 0.717) is 40.3 Å². The number of ether oxygens (including phenoxy) is 1. The van der Waals surface area contributed by atoms with Crippen LogP contribution < -0.4 is 10.5 Å². The van der Waals surface area contributed by atoms with Gasteiger partial charge in [0.2, 0.25) is 0 Å². The number of benzene rings is 3. The Kier molecular flexibility index (Phi) is 9.75. The molecule has 0 bridgehead atoms. The SMILES string of the molecule is CCCCOc1c(C=O)cc(C)cc1-c1ccc(N=Nc2cc(S(=O)(=O)O)c3ccccc3c2N)cn1.[NaH]. The molecule has 0 saturated carbocycles. The fourth-order valence-corrected chi connectivity index (χ4v) is 4.64. The van der Waals surface area contributed by atoms with Gasteiger partial charge in [-0.05, 0) is 49.2 Å². The fraction of sp³-hybridized carbons (Fsp3) is 0.185. The normalized spacial score (nSPS) is 11.4. The van der Waals surface area contributed by atoms with Crippen molar-refractivity contribution in [1.29, 1.82) is 0 Å². The standard InChI is InChI=1S/C27H26N4O5S.Na.H/c1-3-4-11-36-27-18(16-32)12-17(2)13-22(27)23-10-9-19(15-29-23)30-31-24-14-25(37(33,34)35)20-7-5-6-8-21(20)26(24)28;;/h5-10,12-16H,3-4,11,28H2,1-2H3,(H,33,34,35);;. The molecular weight excluding hydrogens is 515 g/mol. The van der Waals surface area contributed by atoms with E-state index in [-0.39, 0.29) is 51.2 Å². The first-order valence-corrected chi connectivity index (χ1v) is 13.1. The number of aryl methyl sites for hydroxylation is 1. The van der Waals surface area contributed by atoms with Crippen molar-refractivity contribution >= 4 is 73.8 Å². The molecule has 4 rings (SSSR count). The van der Waals surface area contributed by atoms with Gasteiger partial charge in [0.05, 0.1) is 29.7 Å². The Morgan fingerprint density at radius 3 is 2.45 bits per heavy atom. The molecule has 0 aliphatic carbocycles. The number of nitrogens with zero attached hydrogens (tertiary/aromatic N) is 3. The van der Waals surface area contributed by atoms with Gasteiger partial charge >= 0.3 is 29.6 Å². The van der Waals surface area contributed by atoms with E-state index in [9.17, 15) is 17.8 Å². The second-order valence-corrected chi connectivity index (χ2v) is 9.87. The molecule has 0 aliphatic rings. The number of rotatable bonds is 9. The van der Waals surface area contributed by atoms with Crippen molar-refractivity contribution in [3.63, 3.8) is 0 Å².